The molecule has 2 saturated heterocycles. The SMILES string of the molecule is NC(=O)c1cc(N2CCC3(CCCCO3)CC2)nc2ccccc12. The van der Waals surface area contributed by atoms with Gasteiger partial charge in [0.25, 0.3) is 0 Å². The number of anilines is 1. The maximum absolute atomic E-state index is 11.8. The van der Waals surface area contributed by atoms with Crippen molar-refractivity contribution in [2.75, 3.05) is 24.6 Å². The van der Waals surface area contributed by atoms with Gasteiger partial charge in [0.1, 0.15) is 5.82 Å². The summed E-state index contributed by atoms with van der Waals surface area (Å²) in [7, 11) is 0. The average molecular weight is 325 g/mol. The third kappa shape index (κ3) is 2.73. The minimum atomic E-state index is -0.404. The number of piperidine rings is 1. The molecular formula is C19H23N3O2. The van der Waals surface area contributed by atoms with Crippen molar-refractivity contribution in [1.82, 2.24) is 4.98 Å². The van der Waals surface area contributed by atoms with Crippen molar-refractivity contribution in [3.8, 4) is 0 Å². The predicted octanol–water partition coefficient (Wildman–Crippen LogP) is 2.87. The minimum Gasteiger partial charge on any atom is -0.375 e. The number of pyridine rings is 1. The number of para-hydroxylation sites is 1. The number of hydrogen-bond acceptors (Lipinski definition) is 4. The molecule has 0 aliphatic carbocycles. The lowest BCUT2D eigenvalue weighted by molar-refractivity contribution is -0.0921. The number of hydrogen-bond donors (Lipinski definition) is 1. The van der Waals surface area contributed by atoms with Crippen molar-refractivity contribution < 1.29 is 9.53 Å². The number of aromatic nitrogens is 1. The molecule has 5 nitrogen and oxygen atoms in total. The zero-order valence-electron chi connectivity index (χ0n) is 13.8. The number of benzene rings is 1. The van der Waals surface area contributed by atoms with Crippen LogP contribution in [0.5, 0.6) is 0 Å². The minimum absolute atomic E-state index is 0.0676. The van der Waals surface area contributed by atoms with Crippen LogP contribution in [0.15, 0.2) is 30.3 Å². The Kier molecular flexibility index (Phi) is 3.88. The van der Waals surface area contributed by atoms with Crippen LogP contribution in [0.2, 0.25) is 0 Å². The largest absolute Gasteiger partial charge is 0.375 e. The van der Waals surface area contributed by atoms with E-state index in [0.717, 1.165) is 49.3 Å². The van der Waals surface area contributed by atoms with Gasteiger partial charge in [0, 0.05) is 25.1 Å². The molecule has 0 unspecified atom stereocenters. The summed E-state index contributed by atoms with van der Waals surface area (Å²) < 4.78 is 6.10. The lowest BCUT2D eigenvalue weighted by atomic mass is 9.84. The van der Waals surface area contributed by atoms with Crippen molar-refractivity contribution >= 4 is 22.6 Å². The Hall–Kier alpha value is -2.14. The average Bonchev–Trinajstić information content (AvgIpc) is 2.62. The number of rotatable bonds is 2. The lowest BCUT2D eigenvalue weighted by Gasteiger charge is -2.44. The van der Waals surface area contributed by atoms with Crippen LogP contribution >= 0.6 is 0 Å². The van der Waals surface area contributed by atoms with Crippen LogP contribution in [0.4, 0.5) is 5.82 Å². The predicted molar refractivity (Wildman–Crippen MR) is 94.2 cm³/mol. The van der Waals surface area contributed by atoms with E-state index in [1.807, 2.05) is 30.3 Å². The molecule has 0 bridgehead atoms. The highest BCUT2D eigenvalue weighted by atomic mass is 16.5. The molecule has 1 spiro atoms. The molecule has 0 saturated carbocycles. The summed E-state index contributed by atoms with van der Waals surface area (Å²) in [5.74, 6) is 0.437. The Bertz CT molecular complexity index is 758. The van der Waals surface area contributed by atoms with E-state index in [9.17, 15) is 4.79 Å². The monoisotopic (exact) mass is 325 g/mol. The van der Waals surface area contributed by atoms with Crippen LogP contribution in [-0.2, 0) is 4.74 Å². The van der Waals surface area contributed by atoms with E-state index in [4.69, 9.17) is 15.5 Å². The summed E-state index contributed by atoms with van der Waals surface area (Å²) in [6.07, 6.45) is 5.65. The number of primary amides is 1. The fourth-order valence-electron chi connectivity index (χ4n) is 3.98. The molecule has 1 amide bonds. The van der Waals surface area contributed by atoms with Gasteiger partial charge in [-0.05, 0) is 44.2 Å². The highest BCUT2D eigenvalue weighted by Gasteiger charge is 2.37. The quantitative estimate of drug-likeness (QED) is 0.922. The first kappa shape index (κ1) is 15.4. The van der Waals surface area contributed by atoms with E-state index >= 15 is 0 Å². The van der Waals surface area contributed by atoms with Gasteiger partial charge in [-0.2, -0.15) is 0 Å². The van der Waals surface area contributed by atoms with Gasteiger partial charge in [0.2, 0.25) is 5.91 Å². The Labute approximate surface area is 141 Å². The maximum atomic E-state index is 11.8. The van der Waals surface area contributed by atoms with Gasteiger partial charge in [-0.25, -0.2) is 4.98 Å². The zero-order valence-corrected chi connectivity index (χ0v) is 13.8. The molecule has 2 N–H and O–H groups in total. The number of carbonyl (C=O) groups is 1. The third-order valence-corrected chi connectivity index (χ3v) is 5.40. The summed E-state index contributed by atoms with van der Waals surface area (Å²) in [6.45, 7) is 2.70. The highest BCUT2D eigenvalue weighted by molar-refractivity contribution is 6.06. The molecule has 1 aromatic carbocycles. The molecule has 4 rings (SSSR count). The van der Waals surface area contributed by atoms with E-state index < -0.39 is 5.91 Å². The molecule has 5 heteroatoms. The van der Waals surface area contributed by atoms with Crippen molar-refractivity contribution in [3.63, 3.8) is 0 Å². The van der Waals surface area contributed by atoms with Gasteiger partial charge in [-0.1, -0.05) is 18.2 Å². The fraction of sp³-hybridized carbons (Fsp3) is 0.474. The number of nitrogens with zero attached hydrogens (tertiary/aromatic N) is 2. The normalized spacial score (nSPS) is 20.4. The maximum Gasteiger partial charge on any atom is 0.249 e. The first-order valence-electron chi connectivity index (χ1n) is 8.75. The van der Waals surface area contributed by atoms with Crippen LogP contribution in [-0.4, -0.2) is 36.2 Å². The number of carbonyl (C=O) groups excluding carboxylic acids is 1. The Morgan fingerprint density at radius 3 is 2.67 bits per heavy atom. The van der Waals surface area contributed by atoms with Gasteiger partial charge in [-0.3, -0.25) is 4.79 Å². The van der Waals surface area contributed by atoms with E-state index in [1.54, 1.807) is 0 Å². The van der Waals surface area contributed by atoms with Gasteiger partial charge < -0.3 is 15.4 Å². The van der Waals surface area contributed by atoms with Gasteiger partial charge in [0.05, 0.1) is 16.7 Å². The number of ether oxygens (including phenoxy) is 1. The van der Waals surface area contributed by atoms with E-state index in [0.29, 0.717) is 5.56 Å². The number of fused-ring (bicyclic) bond motifs is 1. The molecule has 2 aliphatic heterocycles. The molecule has 0 atom stereocenters. The standard InChI is InChI=1S/C19H23N3O2/c20-18(23)15-13-17(21-16-6-2-1-5-14(15)16)22-10-8-19(9-11-22)7-3-4-12-24-19/h1-2,5-6,13H,3-4,7-12H2,(H2,20,23). The molecule has 1 aromatic heterocycles. The second kappa shape index (κ2) is 6.06. The van der Waals surface area contributed by atoms with E-state index in [1.165, 1.54) is 19.3 Å². The van der Waals surface area contributed by atoms with Gasteiger partial charge in [-0.15, -0.1) is 0 Å². The molecule has 24 heavy (non-hydrogen) atoms. The summed E-state index contributed by atoms with van der Waals surface area (Å²) in [4.78, 5) is 18.9. The number of nitrogens with two attached hydrogens (primary N) is 1. The second-order valence-corrected chi connectivity index (χ2v) is 6.89. The third-order valence-electron chi connectivity index (χ3n) is 5.40. The first-order chi connectivity index (χ1) is 11.7. The van der Waals surface area contributed by atoms with Gasteiger partial charge >= 0.3 is 0 Å². The molecular weight excluding hydrogens is 302 g/mol. The lowest BCUT2D eigenvalue weighted by Crippen LogP contribution is -2.48. The van der Waals surface area contributed by atoms with E-state index in [-0.39, 0.29) is 5.60 Å². The molecule has 2 fully saturated rings. The molecule has 3 heterocycles. The summed E-state index contributed by atoms with van der Waals surface area (Å²) in [6, 6.07) is 9.50. The fourth-order valence-corrected chi connectivity index (χ4v) is 3.98. The Morgan fingerprint density at radius 2 is 1.96 bits per heavy atom. The summed E-state index contributed by atoms with van der Waals surface area (Å²) in [5, 5.41) is 0.817. The smallest absolute Gasteiger partial charge is 0.249 e. The van der Waals surface area contributed by atoms with Crippen molar-refractivity contribution in [2.24, 2.45) is 5.73 Å². The van der Waals surface area contributed by atoms with Crippen LogP contribution in [0.3, 0.4) is 0 Å². The zero-order chi connectivity index (χ0) is 16.6. The Morgan fingerprint density at radius 1 is 1.17 bits per heavy atom. The molecule has 0 radical (unpaired) electrons. The topological polar surface area (TPSA) is 68.5 Å². The molecule has 126 valence electrons. The highest BCUT2D eigenvalue weighted by Crippen LogP contribution is 2.36. The number of amides is 1. The van der Waals surface area contributed by atoms with Crippen molar-refractivity contribution in [1.29, 1.82) is 0 Å². The summed E-state index contributed by atoms with van der Waals surface area (Å²) in [5.41, 5.74) is 7.02. The van der Waals surface area contributed by atoms with Crippen LogP contribution in [0.25, 0.3) is 10.9 Å². The molecule has 2 aliphatic rings. The van der Waals surface area contributed by atoms with Crippen molar-refractivity contribution in [3.05, 3.63) is 35.9 Å². The Balaban J connectivity index is 1.62. The van der Waals surface area contributed by atoms with Crippen LogP contribution in [0.1, 0.15) is 42.5 Å². The summed E-state index contributed by atoms with van der Waals surface area (Å²) >= 11 is 0. The van der Waals surface area contributed by atoms with Crippen LogP contribution in [0, 0.1) is 0 Å². The van der Waals surface area contributed by atoms with Gasteiger partial charge in [0.15, 0.2) is 0 Å². The van der Waals surface area contributed by atoms with Crippen molar-refractivity contribution in [2.45, 2.75) is 37.7 Å². The molecule has 2 aromatic rings. The van der Waals surface area contributed by atoms with E-state index in [2.05, 4.69) is 4.90 Å². The second-order valence-electron chi connectivity index (χ2n) is 6.89. The van der Waals surface area contributed by atoms with Crippen LogP contribution < -0.4 is 10.6 Å². The first-order valence-corrected chi connectivity index (χ1v) is 8.75.